The highest BCUT2D eigenvalue weighted by Gasteiger charge is 2.49. The van der Waals surface area contributed by atoms with E-state index in [-0.39, 0.29) is 6.42 Å². The Morgan fingerprint density at radius 1 is 1.19 bits per heavy atom. The molecular weight excluding hydrogens is 270 g/mol. The quantitative estimate of drug-likeness (QED) is 0.538. The van der Waals surface area contributed by atoms with Crippen molar-refractivity contribution in [1.82, 2.24) is 0 Å². The summed E-state index contributed by atoms with van der Waals surface area (Å²) in [5.41, 5.74) is -0.567. The highest BCUT2D eigenvalue weighted by Crippen LogP contribution is 2.37. The van der Waals surface area contributed by atoms with Crippen LogP contribution >= 0.6 is 0 Å². The van der Waals surface area contributed by atoms with E-state index in [9.17, 15) is 15.0 Å². The molecule has 126 valence electrons. The van der Waals surface area contributed by atoms with Crippen molar-refractivity contribution >= 4 is 5.97 Å². The molecule has 0 aliphatic heterocycles. The molecule has 0 amide bonds. The van der Waals surface area contributed by atoms with Gasteiger partial charge in [0, 0.05) is 19.3 Å². The van der Waals surface area contributed by atoms with E-state index in [4.69, 9.17) is 5.11 Å². The number of carboxylic acid groups (broad SMARTS) is 1. The smallest absolute Gasteiger partial charge is 0.303 e. The summed E-state index contributed by atoms with van der Waals surface area (Å²) in [5, 5.41) is 29.7. The Kier molecular flexibility index (Phi) is 7.86. The van der Waals surface area contributed by atoms with Crippen LogP contribution < -0.4 is 0 Å². The molecule has 0 aromatic heterocycles. The first-order chi connectivity index (χ1) is 9.46. The first kappa shape index (κ1) is 20.3. The number of aliphatic hydroxyl groups excluding tert-OH is 2. The van der Waals surface area contributed by atoms with Crippen molar-refractivity contribution in [2.75, 3.05) is 21.1 Å². The molecule has 0 radical (unpaired) electrons. The van der Waals surface area contributed by atoms with Crippen LogP contribution in [0.4, 0.5) is 0 Å². The Morgan fingerprint density at radius 3 is 2.05 bits per heavy atom. The van der Waals surface area contributed by atoms with Crippen LogP contribution in [0.25, 0.3) is 0 Å². The minimum Gasteiger partial charge on any atom is -0.481 e. The van der Waals surface area contributed by atoms with Crippen molar-refractivity contribution in [3.05, 3.63) is 0 Å². The minimum absolute atomic E-state index is 0.0293. The number of aliphatic hydroxyl groups is 2. The third-order valence-corrected chi connectivity index (χ3v) is 4.46. The summed E-state index contributed by atoms with van der Waals surface area (Å²) in [7, 11) is 5.98. The molecule has 0 aromatic rings. The van der Waals surface area contributed by atoms with Crippen LogP contribution in [0, 0.1) is 5.92 Å². The lowest BCUT2D eigenvalue weighted by Crippen LogP contribution is -2.64. The summed E-state index contributed by atoms with van der Waals surface area (Å²) in [4.78, 5) is 11.0. The lowest BCUT2D eigenvalue weighted by molar-refractivity contribution is -0.930. The number of hydrogen-bond acceptors (Lipinski definition) is 3. The lowest BCUT2D eigenvalue weighted by Gasteiger charge is -2.50. The van der Waals surface area contributed by atoms with E-state index in [0.29, 0.717) is 29.7 Å². The van der Waals surface area contributed by atoms with Gasteiger partial charge in [-0.3, -0.25) is 4.79 Å². The molecule has 0 aliphatic carbocycles. The van der Waals surface area contributed by atoms with Gasteiger partial charge in [0.05, 0.1) is 33.7 Å². The number of hydrogen-bond donors (Lipinski definition) is 3. The molecule has 3 N–H and O–H groups in total. The molecule has 0 fully saturated rings. The summed E-state index contributed by atoms with van der Waals surface area (Å²) < 4.78 is 0.482. The van der Waals surface area contributed by atoms with Gasteiger partial charge in [-0.2, -0.15) is 0 Å². The van der Waals surface area contributed by atoms with Crippen molar-refractivity contribution in [3.8, 4) is 0 Å². The second-order valence-corrected chi connectivity index (χ2v) is 7.42. The predicted octanol–water partition coefficient (Wildman–Crippen LogP) is 1.86. The van der Waals surface area contributed by atoms with Crippen LogP contribution in [-0.4, -0.2) is 64.7 Å². The first-order valence-corrected chi connectivity index (χ1v) is 7.85. The lowest BCUT2D eigenvalue weighted by atomic mass is 9.75. The fraction of sp³-hybridized carbons (Fsp3) is 0.938. The van der Waals surface area contributed by atoms with Crippen molar-refractivity contribution in [3.63, 3.8) is 0 Å². The number of aliphatic carboxylic acids is 1. The van der Waals surface area contributed by atoms with Gasteiger partial charge in [0.1, 0.15) is 11.6 Å². The van der Waals surface area contributed by atoms with Gasteiger partial charge < -0.3 is 19.8 Å². The van der Waals surface area contributed by atoms with Crippen molar-refractivity contribution in [1.29, 1.82) is 0 Å². The average Bonchev–Trinajstić information content (AvgIpc) is 2.31. The van der Waals surface area contributed by atoms with Gasteiger partial charge in [-0.05, 0) is 12.3 Å². The standard InChI is InChI=1S/C16H33NO4/c1-7-13(18)10-14(19)16(11-12(2)3,17(4,5)6)9-8-15(20)21/h12-14,18-19H,7-11H2,1-6H3/p+1. The molecule has 0 saturated heterocycles. The minimum atomic E-state index is -0.847. The Morgan fingerprint density at radius 2 is 1.71 bits per heavy atom. The van der Waals surface area contributed by atoms with Gasteiger partial charge in [-0.25, -0.2) is 0 Å². The molecular formula is C16H34NO4+. The molecule has 0 heterocycles. The number of quaternary nitrogens is 1. The molecule has 3 atom stereocenters. The fourth-order valence-electron chi connectivity index (χ4n) is 3.14. The molecule has 0 rings (SSSR count). The molecule has 0 saturated carbocycles. The van der Waals surface area contributed by atoms with Crippen LogP contribution in [0.5, 0.6) is 0 Å². The Balaban J connectivity index is 5.48. The fourth-order valence-corrected chi connectivity index (χ4v) is 3.14. The maximum absolute atomic E-state index is 11.0. The molecule has 5 heteroatoms. The Bertz CT molecular complexity index is 325. The van der Waals surface area contributed by atoms with Gasteiger partial charge in [0.25, 0.3) is 0 Å². The van der Waals surface area contributed by atoms with Crippen molar-refractivity contribution < 1.29 is 24.6 Å². The van der Waals surface area contributed by atoms with Gasteiger partial charge in [-0.1, -0.05) is 20.8 Å². The maximum Gasteiger partial charge on any atom is 0.303 e. The maximum atomic E-state index is 11.0. The number of nitrogens with zero attached hydrogens (tertiary/aromatic N) is 1. The van der Waals surface area contributed by atoms with E-state index in [0.717, 1.165) is 6.42 Å². The van der Waals surface area contributed by atoms with Crippen LogP contribution in [-0.2, 0) is 4.79 Å². The van der Waals surface area contributed by atoms with E-state index in [1.807, 2.05) is 28.1 Å². The van der Waals surface area contributed by atoms with Crippen molar-refractivity contribution in [2.45, 2.75) is 70.6 Å². The van der Waals surface area contributed by atoms with E-state index in [2.05, 4.69) is 13.8 Å². The zero-order valence-corrected chi connectivity index (χ0v) is 14.5. The molecule has 3 unspecified atom stereocenters. The van der Waals surface area contributed by atoms with E-state index >= 15 is 0 Å². The molecule has 0 aliphatic rings. The first-order valence-electron chi connectivity index (χ1n) is 7.85. The molecule has 5 nitrogen and oxygen atoms in total. The van der Waals surface area contributed by atoms with Crippen LogP contribution in [0.2, 0.25) is 0 Å². The third-order valence-electron chi connectivity index (χ3n) is 4.46. The third kappa shape index (κ3) is 5.93. The normalized spacial score (nSPS) is 18.3. The SMILES string of the molecule is CCC(O)CC(O)C(CCC(=O)O)(CC(C)C)[N+](C)(C)C. The molecule has 0 aromatic carbocycles. The van der Waals surface area contributed by atoms with E-state index in [1.165, 1.54) is 0 Å². The predicted molar refractivity (Wildman–Crippen MR) is 84.0 cm³/mol. The van der Waals surface area contributed by atoms with Crippen molar-refractivity contribution in [2.24, 2.45) is 5.92 Å². The summed E-state index contributed by atoms with van der Waals surface area (Å²) >= 11 is 0. The van der Waals surface area contributed by atoms with Gasteiger partial charge in [0.15, 0.2) is 0 Å². The molecule has 21 heavy (non-hydrogen) atoms. The van der Waals surface area contributed by atoms with Gasteiger partial charge >= 0.3 is 5.97 Å². The topological polar surface area (TPSA) is 77.8 Å². The molecule has 0 bridgehead atoms. The molecule has 0 spiro atoms. The number of carbonyl (C=O) groups is 1. The zero-order chi connectivity index (χ0) is 16.8. The zero-order valence-electron chi connectivity index (χ0n) is 14.5. The summed E-state index contributed by atoms with van der Waals surface area (Å²) in [6.45, 7) is 6.03. The number of rotatable bonds is 10. The number of carboxylic acids is 1. The number of likely N-dealkylation sites (N-methyl/N-ethyl adjacent to an activating group) is 1. The van der Waals surface area contributed by atoms with Crippen LogP contribution in [0.15, 0.2) is 0 Å². The summed E-state index contributed by atoms with van der Waals surface area (Å²) in [6, 6.07) is 0. The average molecular weight is 304 g/mol. The highest BCUT2D eigenvalue weighted by atomic mass is 16.4. The van der Waals surface area contributed by atoms with Crippen LogP contribution in [0.3, 0.4) is 0 Å². The van der Waals surface area contributed by atoms with E-state index in [1.54, 1.807) is 0 Å². The Labute approximate surface area is 129 Å². The second-order valence-electron chi connectivity index (χ2n) is 7.42. The van der Waals surface area contributed by atoms with E-state index < -0.39 is 23.7 Å². The van der Waals surface area contributed by atoms with Gasteiger partial charge in [-0.15, -0.1) is 0 Å². The highest BCUT2D eigenvalue weighted by molar-refractivity contribution is 5.66. The largest absolute Gasteiger partial charge is 0.481 e. The summed E-state index contributed by atoms with van der Waals surface area (Å²) in [6.07, 6.45) is 0.755. The Hall–Kier alpha value is -0.650. The summed E-state index contributed by atoms with van der Waals surface area (Å²) in [5.74, 6) is -0.510. The monoisotopic (exact) mass is 304 g/mol. The van der Waals surface area contributed by atoms with Gasteiger partial charge in [0.2, 0.25) is 0 Å². The van der Waals surface area contributed by atoms with Crippen LogP contribution in [0.1, 0.15) is 52.9 Å². The second kappa shape index (κ2) is 8.11.